The number of nitrogens with zero attached hydrogens (tertiary/aromatic N) is 4. The maximum absolute atomic E-state index is 5.99. The zero-order chi connectivity index (χ0) is 13.8. The van der Waals surface area contributed by atoms with E-state index in [1.165, 1.54) is 0 Å². The van der Waals surface area contributed by atoms with Crippen molar-refractivity contribution in [2.24, 2.45) is 5.92 Å². The van der Waals surface area contributed by atoms with E-state index in [-0.39, 0.29) is 0 Å². The molecule has 0 saturated carbocycles. The Morgan fingerprint density at radius 3 is 2.74 bits per heavy atom. The molecule has 4 nitrogen and oxygen atoms in total. The molecule has 19 heavy (non-hydrogen) atoms. The van der Waals surface area contributed by atoms with E-state index in [4.69, 9.17) is 23.2 Å². The van der Waals surface area contributed by atoms with Crippen LogP contribution in [0.1, 0.15) is 19.4 Å². The molecular formula is C12H14Cl2N4S. The number of aromatic nitrogens is 4. The van der Waals surface area contributed by atoms with Crippen LogP contribution in [0.4, 0.5) is 0 Å². The van der Waals surface area contributed by atoms with Gasteiger partial charge in [0, 0.05) is 12.3 Å². The summed E-state index contributed by atoms with van der Waals surface area (Å²) in [5, 5.41) is 13.7. The molecule has 1 aromatic heterocycles. The monoisotopic (exact) mass is 316 g/mol. The Labute approximate surface area is 126 Å². The molecular weight excluding hydrogens is 303 g/mol. The van der Waals surface area contributed by atoms with Crippen molar-refractivity contribution in [2.45, 2.75) is 31.3 Å². The van der Waals surface area contributed by atoms with Crippen LogP contribution in [0, 0.1) is 5.92 Å². The van der Waals surface area contributed by atoms with Crippen LogP contribution in [-0.2, 0) is 12.3 Å². The minimum atomic E-state index is 0.507. The number of hydrogen-bond acceptors (Lipinski definition) is 4. The van der Waals surface area contributed by atoms with Gasteiger partial charge in [0.05, 0.1) is 10.0 Å². The van der Waals surface area contributed by atoms with Gasteiger partial charge in [-0.3, -0.25) is 0 Å². The molecule has 0 bridgehead atoms. The molecule has 2 aromatic rings. The summed E-state index contributed by atoms with van der Waals surface area (Å²) in [4.78, 5) is 0. The van der Waals surface area contributed by atoms with Crippen molar-refractivity contribution < 1.29 is 0 Å². The molecule has 0 aliphatic carbocycles. The van der Waals surface area contributed by atoms with Crippen LogP contribution in [0.5, 0.6) is 0 Å². The third kappa shape index (κ3) is 4.09. The lowest BCUT2D eigenvalue weighted by atomic mass is 10.2. The normalized spacial score (nSPS) is 11.2. The van der Waals surface area contributed by atoms with Crippen LogP contribution in [-0.4, -0.2) is 20.2 Å². The topological polar surface area (TPSA) is 43.6 Å². The van der Waals surface area contributed by atoms with Gasteiger partial charge in [-0.2, -0.15) is 0 Å². The molecule has 0 atom stereocenters. The predicted molar refractivity (Wildman–Crippen MR) is 78.7 cm³/mol. The smallest absolute Gasteiger partial charge is 0.209 e. The second kappa shape index (κ2) is 6.59. The molecule has 1 aromatic carbocycles. The van der Waals surface area contributed by atoms with Gasteiger partial charge in [-0.1, -0.05) is 54.9 Å². The lowest BCUT2D eigenvalue weighted by Gasteiger charge is -2.07. The lowest BCUT2D eigenvalue weighted by Crippen LogP contribution is -2.07. The predicted octanol–water partition coefficient (Wildman–Crippen LogP) is 3.93. The zero-order valence-corrected chi connectivity index (χ0v) is 13.0. The van der Waals surface area contributed by atoms with Crippen LogP contribution < -0.4 is 0 Å². The molecule has 0 unspecified atom stereocenters. The molecule has 0 fully saturated rings. The van der Waals surface area contributed by atoms with Crippen molar-refractivity contribution in [1.29, 1.82) is 0 Å². The Balaban J connectivity index is 2.02. The molecule has 0 aliphatic heterocycles. The van der Waals surface area contributed by atoms with E-state index >= 15 is 0 Å². The first-order valence-electron chi connectivity index (χ1n) is 5.89. The summed E-state index contributed by atoms with van der Waals surface area (Å²) in [6.45, 7) is 5.08. The van der Waals surface area contributed by atoms with Gasteiger partial charge in [-0.25, -0.2) is 4.68 Å². The SMILES string of the molecule is CC(C)Cn1nnnc1SCc1ccc(Cl)c(Cl)c1. The third-order valence-corrected chi connectivity index (χ3v) is 4.16. The highest BCUT2D eigenvalue weighted by atomic mass is 35.5. The number of benzene rings is 1. The van der Waals surface area contributed by atoms with E-state index in [9.17, 15) is 0 Å². The zero-order valence-electron chi connectivity index (χ0n) is 10.7. The fraction of sp³-hybridized carbons (Fsp3) is 0.417. The fourth-order valence-corrected chi connectivity index (χ4v) is 2.69. The van der Waals surface area contributed by atoms with Crippen molar-refractivity contribution in [3.8, 4) is 0 Å². The van der Waals surface area contributed by atoms with E-state index < -0.39 is 0 Å². The standard InChI is InChI=1S/C12H14Cl2N4S/c1-8(2)6-18-12(15-16-17-18)19-7-9-3-4-10(13)11(14)5-9/h3-5,8H,6-7H2,1-2H3. The van der Waals surface area contributed by atoms with Gasteiger partial charge >= 0.3 is 0 Å². The Morgan fingerprint density at radius 1 is 1.26 bits per heavy atom. The second-order valence-electron chi connectivity index (χ2n) is 4.57. The number of rotatable bonds is 5. The minimum Gasteiger partial charge on any atom is -0.220 e. The van der Waals surface area contributed by atoms with Gasteiger partial charge in [0.2, 0.25) is 5.16 Å². The van der Waals surface area contributed by atoms with Gasteiger partial charge < -0.3 is 0 Å². The molecule has 0 amide bonds. The molecule has 1 heterocycles. The molecule has 0 spiro atoms. The Morgan fingerprint density at radius 2 is 2.05 bits per heavy atom. The molecule has 0 saturated heterocycles. The van der Waals surface area contributed by atoms with Crippen molar-refractivity contribution in [2.75, 3.05) is 0 Å². The second-order valence-corrected chi connectivity index (χ2v) is 6.33. The van der Waals surface area contributed by atoms with E-state index in [1.54, 1.807) is 17.8 Å². The van der Waals surface area contributed by atoms with Crippen LogP contribution in [0.15, 0.2) is 23.4 Å². The molecule has 7 heteroatoms. The average Bonchev–Trinajstić information content (AvgIpc) is 2.77. The first-order chi connectivity index (χ1) is 9.06. The Kier molecular flexibility index (Phi) is 5.07. The Bertz CT molecular complexity index is 556. The van der Waals surface area contributed by atoms with Gasteiger partial charge in [0.15, 0.2) is 0 Å². The highest BCUT2D eigenvalue weighted by Gasteiger charge is 2.09. The molecule has 0 aliphatic rings. The van der Waals surface area contributed by atoms with Crippen molar-refractivity contribution in [3.63, 3.8) is 0 Å². The average molecular weight is 317 g/mol. The maximum atomic E-state index is 5.99. The highest BCUT2D eigenvalue weighted by Crippen LogP contribution is 2.26. The van der Waals surface area contributed by atoms with Crippen molar-refractivity contribution in [1.82, 2.24) is 20.2 Å². The molecule has 0 N–H and O–H groups in total. The van der Waals surface area contributed by atoms with Gasteiger partial charge in [0.1, 0.15) is 0 Å². The van der Waals surface area contributed by atoms with Crippen molar-refractivity contribution >= 4 is 35.0 Å². The quantitative estimate of drug-likeness (QED) is 0.784. The lowest BCUT2D eigenvalue weighted by molar-refractivity contribution is 0.446. The van der Waals surface area contributed by atoms with E-state index in [0.717, 1.165) is 23.0 Å². The van der Waals surface area contributed by atoms with E-state index in [2.05, 4.69) is 29.4 Å². The number of thioether (sulfide) groups is 1. The summed E-state index contributed by atoms with van der Waals surface area (Å²) < 4.78 is 1.83. The Hall–Kier alpha value is -0.780. The van der Waals surface area contributed by atoms with Crippen LogP contribution in [0.25, 0.3) is 0 Å². The van der Waals surface area contributed by atoms with Gasteiger partial charge in [-0.05, 0) is 34.0 Å². The van der Waals surface area contributed by atoms with Gasteiger partial charge in [0.25, 0.3) is 0 Å². The molecule has 2 rings (SSSR count). The summed E-state index contributed by atoms with van der Waals surface area (Å²) in [7, 11) is 0. The summed E-state index contributed by atoms with van der Waals surface area (Å²) in [6, 6.07) is 5.63. The first kappa shape index (κ1) is 14.6. The summed E-state index contributed by atoms with van der Waals surface area (Å²) >= 11 is 13.5. The summed E-state index contributed by atoms with van der Waals surface area (Å²) in [5.41, 5.74) is 1.10. The molecule has 0 radical (unpaired) electrons. The third-order valence-electron chi connectivity index (χ3n) is 2.39. The van der Waals surface area contributed by atoms with E-state index in [0.29, 0.717) is 16.0 Å². The van der Waals surface area contributed by atoms with Crippen LogP contribution in [0.3, 0.4) is 0 Å². The van der Waals surface area contributed by atoms with Crippen molar-refractivity contribution in [3.05, 3.63) is 33.8 Å². The minimum absolute atomic E-state index is 0.507. The summed E-state index contributed by atoms with van der Waals surface area (Å²) in [6.07, 6.45) is 0. The maximum Gasteiger partial charge on any atom is 0.209 e. The largest absolute Gasteiger partial charge is 0.220 e. The number of tetrazole rings is 1. The first-order valence-corrected chi connectivity index (χ1v) is 7.63. The number of hydrogen-bond donors (Lipinski definition) is 0. The molecule has 102 valence electrons. The van der Waals surface area contributed by atoms with Crippen LogP contribution >= 0.6 is 35.0 Å². The summed E-state index contributed by atoms with van der Waals surface area (Å²) in [5.74, 6) is 1.27. The fourth-order valence-electron chi connectivity index (χ4n) is 1.54. The highest BCUT2D eigenvalue weighted by molar-refractivity contribution is 7.98. The van der Waals surface area contributed by atoms with Crippen LogP contribution in [0.2, 0.25) is 10.0 Å². The number of halogens is 2. The van der Waals surface area contributed by atoms with Gasteiger partial charge in [-0.15, -0.1) is 5.10 Å². The van der Waals surface area contributed by atoms with E-state index in [1.807, 2.05) is 16.8 Å².